The molecule has 0 radical (unpaired) electrons. The summed E-state index contributed by atoms with van der Waals surface area (Å²) in [6.45, 7) is 2.20. The predicted octanol–water partition coefficient (Wildman–Crippen LogP) is 7.21. The van der Waals surface area contributed by atoms with Crippen LogP contribution >= 0.6 is 31.9 Å². The lowest BCUT2D eigenvalue weighted by Crippen LogP contribution is -2.07. The molecule has 0 N–H and O–H groups in total. The number of fused-ring (bicyclic) bond motifs is 5. The van der Waals surface area contributed by atoms with E-state index in [2.05, 4.69) is 106 Å². The van der Waals surface area contributed by atoms with Crippen LogP contribution in [0.5, 0.6) is 0 Å². The first-order chi connectivity index (χ1) is 11.2. The van der Waals surface area contributed by atoms with E-state index in [4.69, 9.17) is 0 Å². The second-order valence-electron chi connectivity index (χ2n) is 5.98. The maximum atomic E-state index is 3.94. The minimum Gasteiger partial charge on any atom is -0.0823 e. The lowest BCUT2D eigenvalue weighted by molar-refractivity contribution is 0.938. The maximum absolute atomic E-state index is 3.94. The van der Waals surface area contributed by atoms with Gasteiger partial charge < -0.3 is 0 Å². The molecule has 0 bridgehead atoms. The van der Waals surface area contributed by atoms with Crippen molar-refractivity contribution < 1.29 is 0 Å². The Morgan fingerprint density at radius 2 is 1.13 bits per heavy atom. The van der Waals surface area contributed by atoms with Crippen LogP contribution in [0, 0.1) is 6.92 Å². The summed E-state index contributed by atoms with van der Waals surface area (Å²) in [5.41, 5.74) is 9.28. The Bertz CT molecular complexity index is 883. The van der Waals surface area contributed by atoms with Crippen LogP contribution in [0.1, 0.15) is 26.3 Å². The topological polar surface area (TPSA) is 0 Å². The minimum atomic E-state index is 0.229. The molecule has 3 aromatic rings. The third kappa shape index (κ3) is 2.40. The van der Waals surface area contributed by atoms with Crippen molar-refractivity contribution in [3.8, 4) is 22.3 Å². The van der Waals surface area contributed by atoms with Gasteiger partial charge in [-0.25, -0.2) is 0 Å². The van der Waals surface area contributed by atoms with Crippen molar-refractivity contribution in [2.24, 2.45) is 0 Å². The number of rotatable bonds is 0. The fourth-order valence-electron chi connectivity index (χ4n) is 3.51. The van der Waals surface area contributed by atoms with Crippen LogP contribution in [-0.2, 0) is 0 Å². The molecule has 0 heterocycles. The SMILES string of the molecule is Cc1cccc2c1-c1ccccc1C(Br)C(Br)c1ccccc1-2. The molecule has 0 spiro atoms. The molecule has 0 fully saturated rings. The van der Waals surface area contributed by atoms with E-state index in [0.29, 0.717) is 0 Å². The zero-order chi connectivity index (χ0) is 16.0. The highest BCUT2D eigenvalue weighted by atomic mass is 79.9. The van der Waals surface area contributed by atoms with Gasteiger partial charge in [-0.2, -0.15) is 0 Å². The number of benzene rings is 3. The van der Waals surface area contributed by atoms with E-state index in [0.717, 1.165) is 0 Å². The van der Waals surface area contributed by atoms with E-state index in [1.165, 1.54) is 38.9 Å². The van der Waals surface area contributed by atoms with Gasteiger partial charge in [0.15, 0.2) is 0 Å². The van der Waals surface area contributed by atoms with E-state index >= 15 is 0 Å². The third-order valence-electron chi connectivity index (χ3n) is 4.61. The average Bonchev–Trinajstić information content (AvgIpc) is 2.59. The van der Waals surface area contributed by atoms with E-state index in [1.54, 1.807) is 0 Å². The standard InChI is InChI=1S/C21H16Br2/c1-13-7-6-12-15-14-8-2-4-10-17(14)20(22)21(23)18-11-5-3-9-16(18)19(13)15/h2-12,20-21H,1H3. The molecule has 2 atom stereocenters. The first kappa shape index (κ1) is 15.2. The summed E-state index contributed by atoms with van der Waals surface area (Å²) in [6.07, 6.45) is 0. The van der Waals surface area contributed by atoms with Crippen molar-refractivity contribution in [1.29, 1.82) is 0 Å². The summed E-state index contributed by atoms with van der Waals surface area (Å²) in [5.74, 6) is 0. The summed E-state index contributed by atoms with van der Waals surface area (Å²) in [7, 11) is 0. The highest BCUT2D eigenvalue weighted by molar-refractivity contribution is 9.12. The van der Waals surface area contributed by atoms with Crippen LogP contribution in [0.2, 0.25) is 0 Å². The molecule has 0 saturated carbocycles. The van der Waals surface area contributed by atoms with E-state index < -0.39 is 0 Å². The van der Waals surface area contributed by atoms with Gasteiger partial charge in [0, 0.05) is 0 Å². The molecule has 0 nitrogen and oxygen atoms in total. The largest absolute Gasteiger partial charge is 0.0823 e. The molecule has 23 heavy (non-hydrogen) atoms. The van der Waals surface area contributed by atoms with Gasteiger partial charge in [-0.1, -0.05) is 98.6 Å². The summed E-state index contributed by atoms with van der Waals surface area (Å²) in [6, 6.07) is 24.0. The average molecular weight is 428 g/mol. The highest BCUT2D eigenvalue weighted by Gasteiger charge is 2.28. The van der Waals surface area contributed by atoms with Gasteiger partial charge in [0.1, 0.15) is 0 Å². The smallest absolute Gasteiger partial charge is 0.0567 e. The summed E-state index contributed by atoms with van der Waals surface area (Å²) < 4.78 is 0. The van der Waals surface area contributed by atoms with Crippen LogP contribution in [0.4, 0.5) is 0 Å². The van der Waals surface area contributed by atoms with E-state index in [-0.39, 0.29) is 9.65 Å². The number of alkyl halides is 2. The molecule has 2 heteroatoms. The van der Waals surface area contributed by atoms with E-state index in [9.17, 15) is 0 Å². The Kier molecular flexibility index (Phi) is 3.90. The van der Waals surface area contributed by atoms with Crippen molar-refractivity contribution in [2.45, 2.75) is 16.6 Å². The van der Waals surface area contributed by atoms with Crippen molar-refractivity contribution in [3.05, 3.63) is 83.4 Å². The molecular formula is C21H16Br2. The number of aryl methyl sites for hydroxylation is 1. The Balaban J connectivity index is 2.17. The van der Waals surface area contributed by atoms with Crippen LogP contribution in [-0.4, -0.2) is 0 Å². The highest BCUT2D eigenvalue weighted by Crippen LogP contribution is 2.52. The van der Waals surface area contributed by atoms with Crippen molar-refractivity contribution in [2.75, 3.05) is 0 Å². The first-order valence-corrected chi connectivity index (χ1v) is 9.58. The van der Waals surface area contributed by atoms with Gasteiger partial charge >= 0.3 is 0 Å². The molecule has 2 unspecified atom stereocenters. The maximum Gasteiger partial charge on any atom is 0.0567 e. The molecule has 4 rings (SSSR count). The molecule has 114 valence electrons. The van der Waals surface area contributed by atoms with Gasteiger partial charge in [-0.3, -0.25) is 0 Å². The molecule has 0 amide bonds. The molecule has 1 aliphatic carbocycles. The van der Waals surface area contributed by atoms with E-state index in [1.807, 2.05) is 0 Å². The van der Waals surface area contributed by atoms with Crippen molar-refractivity contribution in [1.82, 2.24) is 0 Å². The van der Waals surface area contributed by atoms with Crippen LogP contribution in [0.25, 0.3) is 22.3 Å². The van der Waals surface area contributed by atoms with Crippen LogP contribution in [0.15, 0.2) is 66.7 Å². The Labute approximate surface area is 153 Å². The molecule has 0 aliphatic heterocycles. The second-order valence-corrected chi connectivity index (χ2v) is 7.95. The molecule has 3 aromatic carbocycles. The summed E-state index contributed by atoms with van der Waals surface area (Å²) in [4.78, 5) is 0.459. The van der Waals surface area contributed by atoms with Crippen molar-refractivity contribution in [3.63, 3.8) is 0 Å². The fourth-order valence-corrected chi connectivity index (χ4v) is 4.88. The van der Waals surface area contributed by atoms with Crippen LogP contribution in [0.3, 0.4) is 0 Å². The Hall–Kier alpha value is -1.38. The zero-order valence-electron chi connectivity index (χ0n) is 12.8. The fraction of sp³-hybridized carbons (Fsp3) is 0.143. The van der Waals surface area contributed by atoms with Gasteiger partial charge in [-0.15, -0.1) is 0 Å². The third-order valence-corrected chi connectivity index (χ3v) is 7.36. The molecule has 1 aliphatic rings. The Morgan fingerprint density at radius 3 is 1.83 bits per heavy atom. The lowest BCUT2D eigenvalue weighted by Gasteiger charge is -2.28. The molecular weight excluding hydrogens is 412 g/mol. The second kappa shape index (κ2) is 5.92. The number of hydrogen-bond donors (Lipinski definition) is 0. The quantitative estimate of drug-likeness (QED) is 0.332. The Morgan fingerprint density at radius 1 is 0.609 bits per heavy atom. The van der Waals surface area contributed by atoms with Gasteiger partial charge in [-0.05, 0) is 45.9 Å². The van der Waals surface area contributed by atoms with Gasteiger partial charge in [0.2, 0.25) is 0 Å². The number of halogens is 2. The van der Waals surface area contributed by atoms with Gasteiger partial charge in [0.05, 0.1) is 9.65 Å². The normalized spacial score (nSPS) is 19.1. The van der Waals surface area contributed by atoms with Crippen LogP contribution < -0.4 is 0 Å². The lowest BCUT2D eigenvalue weighted by atomic mass is 9.82. The van der Waals surface area contributed by atoms with Crippen molar-refractivity contribution >= 4 is 31.9 Å². The zero-order valence-corrected chi connectivity index (χ0v) is 15.9. The minimum absolute atomic E-state index is 0.229. The monoisotopic (exact) mass is 426 g/mol. The molecule has 0 saturated heterocycles. The summed E-state index contributed by atoms with van der Waals surface area (Å²) >= 11 is 7.87. The number of hydrogen-bond acceptors (Lipinski definition) is 0. The summed E-state index contributed by atoms with van der Waals surface area (Å²) in [5, 5.41) is 0. The molecule has 0 aromatic heterocycles. The van der Waals surface area contributed by atoms with Gasteiger partial charge in [0.25, 0.3) is 0 Å². The first-order valence-electron chi connectivity index (χ1n) is 7.75. The predicted molar refractivity (Wildman–Crippen MR) is 105 cm³/mol.